The Labute approximate surface area is 328 Å². The molecule has 0 atom stereocenters. The molecule has 0 bridgehead atoms. The molecule has 7 rings (SSSR count). The fourth-order valence-electron chi connectivity index (χ4n) is 8.34. The molecule has 56 heavy (non-hydrogen) atoms. The SMILES string of the molecule is CN(C)CCCOc1cc2c3c(ccc4c5c(OCCCN(C)C)cc6c7c(ccc(c1c34)c75)C(=O)N(CCCN(C)C)C6=O)C(=O)N(CCCN(C)C)C2=O. The topological polar surface area (TPSA) is 106 Å². The fraction of sp³-hybridized carbons (Fsp3) is 0.455. The van der Waals surface area contributed by atoms with E-state index in [1.165, 1.54) is 9.80 Å². The summed E-state index contributed by atoms with van der Waals surface area (Å²) in [5.74, 6) is -0.270. The molecule has 12 nitrogen and oxygen atoms in total. The molecule has 12 heteroatoms. The molecule has 0 spiro atoms. The second-order valence-corrected chi connectivity index (χ2v) is 16.3. The lowest BCUT2D eigenvalue weighted by Gasteiger charge is -2.31. The summed E-state index contributed by atoms with van der Waals surface area (Å²) in [4.78, 5) is 68.2. The lowest BCUT2D eigenvalue weighted by atomic mass is 9.81. The maximum absolute atomic E-state index is 14.4. The fourth-order valence-corrected chi connectivity index (χ4v) is 8.34. The number of ether oxygens (including phenoxy) is 2. The highest BCUT2D eigenvalue weighted by molar-refractivity contribution is 6.43. The Balaban J connectivity index is 1.51. The summed E-state index contributed by atoms with van der Waals surface area (Å²) in [6.07, 6.45) is 2.79. The van der Waals surface area contributed by atoms with E-state index in [0.29, 0.717) is 83.7 Å². The standard InChI is InChI=1S/C44H54N6O6/c1-45(2)17-9-21-49-41(51)29-15-13-27-38-34(56-24-12-20-48(7)8)26-32-36-30(42(52)50(44(32)54)22-10-18-46(3)4)16-14-28(40(36)38)37-33(55-23-11-19-47(5)6)25-31(43(49)53)35(29)39(27)37/h13-16,25-26H,9-12,17-24H2,1-8H3. The number of carbonyl (C=O) groups excluding carboxylic acids is 4. The third-order valence-corrected chi connectivity index (χ3v) is 10.9. The number of carbonyl (C=O) groups is 4. The van der Waals surface area contributed by atoms with Crippen LogP contribution in [0.5, 0.6) is 11.5 Å². The van der Waals surface area contributed by atoms with E-state index in [9.17, 15) is 19.2 Å². The van der Waals surface area contributed by atoms with Crippen LogP contribution in [0, 0.1) is 0 Å². The Hall–Kier alpha value is -4.88. The minimum absolute atomic E-state index is 0.298. The molecular weight excluding hydrogens is 709 g/mol. The number of nitrogens with zero attached hydrogens (tertiary/aromatic N) is 6. The van der Waals surface area contributed by atoms with Gasteiger partial charge in [0.25, 0.3) is 23.6 Å². The van der Waals surface area contributed by atoms with Gasteiger partial charge in [-0.05, 0) is 130 Å². The molecule has 2 aliphatic rings. The molecular formula is C44H54N6O6. The molecule has 0 saturated carbocycles. The van der Waals surface area contributed by atoms with Gasteiger partial charge in [-0.25, -0.2) is 0 Å². The zero-order chi connectivity index (χ0) is 40.0. The first kappa shape index (κ1) is 39.4. The molecule has 2 heterocycles. The molecule has 2 aliphatic heterocycles. The summed E-state index contributed by atoms with van der Waals surface area (Å²) in [6.45, 7) is 4.49. The Bertz CT molecular complexity index is 2190. The third kappa shape index (κ3) is 7.04. The van der Waals surface area contributed by atoms with Crippen molar-refractivity contribution >= 4 is 66.7 Å². The van der Waals surface area contributed by atoms with Gasteiger partial charge in [0.05, 0.1) is 24.3 Å². The Morgan fingerprint density at radius 2 is 0.768 bits per heavy atom. The minimum atomic E-state index is -0.343. The summed E-state index contributed by atoms with van der Waals surface area (Å²) in [5.41, 5.74) is 1.78. The second kappa shape index (κ2) is 15.9. The first-order valence-electron chi connectivity index (χ1n) is 19.6. The van der Waals surface area contributed by atoms with Crippen LogP contribution in [0.1, 0.15) is 67.1 Å². The summed E-state index contributed by atoms with van der Waals surface area (Å²) < 4.78 is 13.3. The number of hydrogen-bond acceptors (Lipinski definition) is 10. The normalized spacial score (nSPS) is 14.6. The van der Waals surface area contributed by atoms with Crippen molar-refractivity contribution in [1.82, 2.24) is 29.4 Å². The smallest absolute Gasteiger partial charge is 0.261 e. The number of benzene rings is 5. The number of amides is 4. The van der Waals surface area contributed by atoms with E-state index in [1.54, 1.807) is 12.1 Å². The average Bonchev–Trinajstić information content (AvgIpc) is 3.15. The van der Waals surface area contributed by atoms with Gasteiger partial charge < -0.3 is 29.1 Å². The van der Waals surface area contributed by atoms with Crippen molar-refractivity contribution in [1.29, 1.82) is 0 Å². The van der Waals surface area contributed by atoms with E-state index >= 15 is 0 Å². The predicted molar refractivity (Wildman–Crippen MR) is 222 cm³/mol. The zero-order valence-corrected chi connectivity index (χ0v) is 34.1. The summed E-state index contributed by atoms with van der Waals surface area (Å²) in [6, 6.07) is 11.1. The molecule has 0 fully saturated rings. The Morgan fingerprint density at radius 3 is 1.12 bits per heavy atom. The van der Waals surface area contributed by atoms with Crippen LogP contribution < -0.4 is 9.47 Å². The van der Waals surface area contributed by atoms with Gasteiger partial charge in [0.2, 0.25) is 0 Å². The van der Waals surface area contributed by atoms with Crippen molar-refractivity contribution in [2.75, 3.05) is 109 Å². The molecule has 0 aromatic heterocycles. The highest BCUT2D eigenvalue weighted by atomic mass is 16.5. The van der Waals surface area contributed by atoms with Crippen molar-refractivity contribution in [3.05, 3.63) is 58.7 Å². The molecule has 0 saturated heterocycles. The van der Waals surface area contributed by atoms with Gasteiger partial charge in [0, 0.05) is 69.6 Å². The molecule has 5 aromatic carbocycles. The van der Waals surface area contributed by atoms with Gasteiger partial charge >= 0.3 is 0 Å². The zero-order valence-electron chi connectivity index (χ0n) is 34.1. The van der Waals surface area contributed by atoms with Gasteiger partial charge in [0.15, 0.2) is 0 Å². The van der Waals surface area contributed by atoms with Crippen molar-refractivity contribution in [2.45, 2.75) is 25.7 Å². The van der Waals surface area contributed by atoms with Crippen LogP contribution in [0.25, 0.3) is 43.1 Å². The van der Waals surface area contributed by atoms with E-state index in [1.807, 2.05) is 90.4 Å². The van der Waals surface area contributed by atoms with Crippen molar-refractivity contribution in [3.63, 3.8) is 0 Å². The highest BCUT2D eigenvalue weighted by Crippen LogP contribution is 2.51. The number of rotatable bonds is 18. The first-order valence-corrected chi connectivity index (χ1v) is 19.6. The highest BCUT2D eigenvalue weighted by Gasteiger charge is 2.38. The van der Waals surface area contributed by atoms with Crippen LogP contribution in [0.2, 0.25) is 0 Å². The monoisotopic (exact) mass is 762 g/mol. The summed E-state index contributed by atoms with van der Waals surface area (Å²) in [5, 5.41) is 5.70. The number of imide groups is 2. The van der Waals surface area contributed by atoms with Crippen LogP contribution >= 0.6 is 0 Å². The van der Waals surface area contributed by atoms with Crippen LogP contribution in [0.3, 0.4) is 0 Å². The second-order valence-electron chi connectivity index (χ2n) is 16.3. The minimum Gasteiger partial charge on any atom is -0.493 e. The lowest BCUT2D eigenvalue weighted by Crippen LogP contribution is -2.41. The van der Waals surface area contributed by atoms with Crippen molar-refractivity contribution < 1.29 is 28.7 Å². The molecule has 0 unspecified atom stereocenters. The van der Waals surface area contributed by atoms with Crippen molar-refractivity contribution in [3.8, 4) is 11.5 Å². The molecule has 0 N–H and O–H groups in total. The summed E-state index contributed by atoms with van der Waals surface area (Å²) >= 11 is 0. The molecule has 0 aliphatic carbocycles. The van der Waals surface area contributed by atoms with Crippen LogP contribution in [0.15, 0.2) is 36.4 Å². The van der Waals surface area contributed by atoms with E-state index < -0.39 is 0 Å². The van der Waals surface area contributed by atoms with Gasteiger partial charge in [-0.1, -0.05) is 12.1 Å². The third-order valence-electron chi connectivity index (χ3n) is 10.9. The van der Waals surface area contributed by atoms with Crippen LogP contribution in [-0.4, -0.2) is 162 Å². The van der Waals surface area contributed by atoms with E-state index in [2.05, 4.69) is 9.80 Å². The Morgan fingerprint density at radius 1 is 0.429 bits per heavy atom. The van der Waals surface area contributed by atoms with Gasteiger partial charge in [-0.3, -0.25) is 29.0 Å². The van der Waals surface area contributed by atoms with Crippen LogP contribution in [-0.2, 0) is 0 Å². The predicted octanol–water partition coefficient (Wildman–Crippen LogP) is 5.49. The maximum atomic E-state index is 14.4. The number of hydrogen-bond donors (Lipinski definition) is 0. The number of fused-ring (bicyclic) bond motifs is 2. The maximum Gasteiger partial charge on any atom is 0.261 e. The molecule has 4 amide bonds. The van der Waals surface area contributed by atoms with Gasteiger partial charge in [-0.2, -0.15) is 0 Å². The van der Waals surface area contributed by atoms with Gasteiger partial charge in [-0.15, -0.1) is 0 Å². The van der Waals surface area contributed by atoms with Gasteiger partial charge in [0.1, 0.15) is 11.5 Å². The summed E-state index contributed by atoms with van der Waals surface area (Å²) in [7, 11) is 15.9. The Kier molecular flexibility index (Phi) is 11.2. The van der Waals surface area contributed by atoms with E-state index in [4.69, 9.17) is 9.47 Å². The quantitative estimate of drug-likeness (QED) is 0.0493. The lowest BCUT2D eigenvalue weighted by molar-refractivity contribution is 0.0590. The van der Waals surface area contributed by atoms with E-state index in [-0.39, 0.29) is 23.6 Å². The largest absolute Gasteiger partial charge is 0.493 e. The van der Waals surface area contributed by atoms with Crippen molar-refractivity contribution in [2.24, 2.45) is 0 Å². The molecule has 296 valence electrons. The van der Waals surface area contributed by atoms with E-state index in [0.717, 1.165) is 71.3 Å². The molecule has 0 radical (unpaired) electrons. The van der Waals surface area contributed by atoms with Crippen LogP contribution in [0.4, 0.5) is 0 Å². The molecule has 5 aromatic rings. The first-order chi connectivity index (χ1) is 26.8. The average molecular weight is 763 g/mol.